The second-order valence-electron chi connectivity index (χ2n) is 7.76. The van der Waals surface area contributed by atoms with Crippen LogP contribution < -0.4 is 0 Å². The molecule has 0 bridgehead atoms. The fourth-order valence-electron chi connectivity index (χ4n) is 3.77. The molecule has 6 heteroatoms. The highest BCUT2D eigenvalue weighted by atomic mass is 16.5. The van der Waals surface area contributed by atoms with E-state index in [0.717, 1.165) is 19.3 Å². The highest BCUT2D eigenvalue weighted by Crippen LogP contribution is 2.38. The minimum atomic E-state index is -1.04. The summed E-state index contributed by atoms with van der Waals surface area (Å²) in [7, 11) is 0. The third kappa shape index (κ3) is 6.53. The van der Waals surface area contributed by atoms with E-state index in [-0.39, 0.29) is 24.5 Å². The van der Waals surface area contributed by atoms with E-state index in [1.165, 1.54) is 6.08 Å². The molecule has 2 rings (SSSR count). The summed E-state index contributed by atoms with van der Waals surface area (Å²) in [4.78, 5) is 36.1. The number of carboxylic acid groups (broad SMARTS) is 1. The Morgan fingerprint density at radius 2 is 1.93 bits per heavy atom. The lowest BCUT2D eigenvalue weighted by atomic mass is 9.89. The largest absolute Gasteiger partial charge is 0.481 e. The van der Waals surface area contributed by atoms with Crippen molar-refractivity contribution in [3.8, 4) is 0 Å². The van der Waals surface area contributed by atoms with Crippen LogP contribution in [0.15, 0.2) is 42.5 Å². The van der Waals surface area contributed by atoms with Crippen molar-refractivity contribution in [1.29, 1.82) is 0 Å². The number of carboxylic acids is 1. The molecule has 1 unspecified atom stereocenters. The molecule has 0 radical (unpaired) electrons. The van der Waals surface area contributed by atoms with Crippen molar-refractivity contribution in [3.63, 3.8) is 0 Å². The number of aliphatic hydroxyl groups excluding tert-OH is 1. The molecule has 5 atom stereocenters. The summed E-state index contributed by atoms with van der Waals surface area (Å²) in [6.45, 7) is 3.93. The lowest BCUT2D eigenvalue weighted by molar-refractivity contribution is -0.139. The SMILES string of the molecule is CCCCC(C)C(=O)C=C[C@H]1[C@H](CC(=O)O)[C@H](O)C[C@@H]1OC(=O)c1ccccc1. The number of benzene rings is 1. The predicted molar refractivity (Wildman–Crippen MR) is 108 cm³/mol. The zero-order valence-corrected chi connectivity index (χ0v) is 17.0. The van der Waals surface area contributed by atoms with E-state index in [9.17, 15) is 24.6 Å². The van der Waals surface area contributed by atoms with Crippen molar-refractivity contribution in [2.75, 3.05) is 0 Å². The first-order chi connectivity index (χ1) is 13.8. The number of aliphatic carboxylic acids is 1. The average Bonchev–Trinajstić information content (AvgIpc) is 2.98. The van der Waals surface area contributed by atoms with Crippen LogP contribution in [0.1, 0.15) is 56.3 Å². The number of ketones is 1. The lowest BCUT2D eigenvalue weighted by Crippen LogP contribution is -2.26. The van der Waals surface area contributed by atoms with Gasteiger partial charge in [-0.2, -0.15) is 0 Å². The fourth-order valence-corrected chi connectivity index (χ4v) is 3.77. The number of carbonyl (C=O) groups excluding carboxylic acids is 2. The van der Waals surface area contributed by atoms with E-state index in [2.05, 4.69) is 6.92 Å². The van der Waals surface area contributed by atoms with E-state index in [1.807, 2.05) is 6.92 Å². The standard InChI is InChI=1S/C23H30O6/c1-3-4-8-15(2)19(24)12-11-17-18(13-22(26)27)20(25)14-21(17)29-23(28)16-9-6-5-7-10-16/h5-7,9-12,15,17-18,20-21,25H,3-4,8,13-14H2,1-2H3,(H,26,27)/t15?,17-,18-,20+,21-/m0/s1. The van der Waals surface area contributed by atoms with Gasteiger partial charge in [-0.15, -0.1) is 0 Å². The van der Waals surface area contributed by atoms with Crippen molar-refractivity contribution in [2.45, 2.75) is 58.2 Å². The van der Waals surface area contributed by atoms with Crippen LogP contribution in [0.25, 0.3) is 0 Å². The minimum absolute atomic E-state index is 0.0398. The molecule has 0 aromatic heterocycles. The summed E-state index contributed by atoms with van der Waals surface area (Å²) in [6, 6.07) is 8.50. The van der Waals surface area contributed by atoms with Gasteiger partial charge in [-0.1, -0.05) is 51.0 Å². The second kappa shape index (κ2) is 10.9. The van der Waals surface area contributed by atoms with Crippen LogP contribution in [-0.2, 0) is 14.3 Å². The van der Waals surface area contributed by atoms with Gasteiger partial charge in [0.25, 0.3) is 0 Å². The predicted octanol–water partition coefficient (Wildman–Crippen LogP) is 3.64. The Bertz CT molecular complexity index is 726. The third-order valence-corrected chi connectivity index (χ3v) is 5.53. The first-order valence-electron chi connectivity index (χ1n) is 10.2. The first kappa shape index (κ1) is 22.8. The molecule has 0 amide bonds. The maximum Gasteiger partial charge on any atom is 0.338 e. The van der Waals surface area contributed by atoms with Gasteiger partial charge in [-0.25, -0.2) is 4.79 Å². The molecule has 29 heavy (non-hydrogen) atoms. The van der Waals surface area contributed by atoms with Crippen LogP contribution >= 0.6 is 0 Å². The fraction of sp³-hybridized carbons (Fsp3) is 0.522. The minimum Gasteiger partial charge on any atom is -0.481 e. The van der Waals surface area contributed by atoms with E-state index < -0.39 is 36.0 Å². The molecule has 1 aliphatic carbocycles. The van der Waals surface area contributed by atoms with Crippen molar-refractivity contribution in [2.24, 2.45) is 17.8 Å². The quantitative estimate of drug-likeness (QED) is 0.458. The molecular formula is C23H30O6. The Hall–Kier alpha value is -2.47. The number of allylic oxidation sites excluding steroid dienone is 1. The van der Waals surface area contributed by atoms with Gasteiger partial charge < -0.3 is 14.9 Å². The zero-order chi connectivity index (χ0) is 21.4. The highest BCUT2D eigenvalue weighted by Gasteiger charge is 2.44. The van der Waals surface area contributed by atoms with Crippen LogP contribution in [0, 0.1) is 17.8 Å². The van der Waals surface area contributed by atoms with Crippen molar-refractivity contribution in [3.05, 3.63) is 48.0 Å². The van der Waals surface area contributed by atoms with Crippen molar-refractivity contribution in [1.82, 2.24) is 0 Å². The van der Waals surface area contributed by atoms with Gasteiger partial charge in [-0.05, 0) is 24.6 Å². The van der Waals surface area contributed by atoms with Crippen LogP contribution in [0.4, 0.5) is 0 Å². The number of ether oxygens (including phenoxy) is 1. The van der Waals surface area contributed by atoms with E-state index in [0.29, 0.717) is 5.56 Å². The number of aliphatic hydroxyl groups is 1. The van der Waals surface area contributed by atoms with Gasteiger partial charge in [0.05, 0.1) is 18.1 Å². The van der Waals surface area contributed by atoms with E-state index in [1.54, 1.807) is 36.4 Å². The van der Waals surface area contributed by atoms with E-state index in [4.69, 9.17) is 4.74 Å². The number of rotatable bonds is 10. The Morgan fingerprint density at radius 3 is 2.55 bits per heavy atom. The molecule has 158 valence electrons. The Balaban J connectivity index is 2.15. The summed E-state index contributed by atoms with van der Waals surface area (Å²) >= 11 is 0. The summed E-state index contributed by atoms with van der Waals surface area (Å²) in [5.41, 5.74) is 0.385. The van der Waals surface area contributed by atoms with Gasteiger partial charge in [0.2, 0.25) is 0 Å². The highest BCUT2D eigenvalue weighted by molar-refractivity contribution is 5.91. The normalized spacial score (nSPS) is 25.1. The van der Waals surface area contributed by atoms with E-state index >= 15 is 0 Å². The number of hydrogen-bond acceptors (Lipinski definition) is 5. The molecule has 2 N–H and O–H groups in total. The van der Waals surface area contributed by atoms with Crippen LogP contribution in [0.5, 0.6) is 0 Å². The van der Waals surface area contributed by atoms with Gasteiger partial charge in [0.1, 0.15) is 6.10 Å². The second-order valence-corrected chi connectivity index (χ2v) is 7.76. The molecule has 0 saturated heterocycles. The van der Waals surface area contributed by atoms with Crippen molar-refractivity contribution >= 4 is 17.7 Å². The Kier molecular flexibility index (Phi) is 8.58. The number of hydrogen-bond donors (Lipinski definition) is 2. The summed E-state index contributed by atoms with van der Waals surface area (Å²) in [5, 5.41) is 19.6. The zero-order valence-electron chi connectivity index (χ0n) is 17.0. The molecule has 1 aromatic carbocycles. The molecular weight excluding hydrogens is 372 g/mol. The number of unbranched alkanes of at least 4 members (excludes halogenated alkanes) is 1. The lowest BCUT2D eigenvalue weighted by Gasteiger charge is -2.21. The molecule has 0 heterocycles. The summed E-state index contributed by atoms with van der Waals surface area (Å²) in [5.74, 6) is -2.88. The molecule has 6 nitrogen and oxygen atoms in total. The van der Waals surface area contributed by atoms with Gasteiger partial charge in [0.15, 0.2) is 5.78 Å². The summed E-state index contributed by atoms with van der Waals surface area (Å²) < 4.78 is 5.60. The van der Waals surface area contributed by atoms with Gasteiger partial charge in [0, 0.05) is 24.2 Å². The average molecular weight is 402 g/mol. The number of esters is 1. The monoisotopic (exact) mass is 402 g/mol. The maximum atomic E-state index is 12.4. The number of carbonyl (C=O) groups is 3. The van der Waals surface area contributed by atoms with Crippen molar-refractivity contribution < 1.29 is 29.3 Å². The molecule has 1 aliphatic rings. The first-order valence-corrected chi connectivity index (χ1v) is 10.2. The third-order valence-electron chi connectivity index (χ3n) is 5.53. The smallest absolute Gasteiger partial charge is 0.338 e. The molecule has 1 aromatic rings. The molecule has 0 spiro atoms. The topological polar surface area (TPSA) is 101 Å². The van der Waals surface area contributed by atoms with Crippen LogP contribution in [0.3, 0.4) is 0 Å². The Labute approximate surface area is 171 Å². The Morgan fingerprint density at radius 1 is 1.24 bits per heavy atom. The van der Waals surface area contributed by atoms with Gasteiger partial charge >= 0.3 is 11.9 Å². The van der Waals surface area contributed by atoms with Crippen LogP contribution in [0.2, 0.25) is 0 Å². The summed E-state index contributed by atoms with van der Waals surface area (Å²) in [6.07, 6.45) is 4.13. The molecule has 0 aliphatic heterocycles. The van der Waals surface area contributed by atoms with Crippen LogP contribution in [-0.4, -0.2) is 40.1 Å². The maximum absolute atomic E-state index is 12.4. The molecule has 1 fully saturated rings. The molecule has 1 saturated carbocycles. The van der Waals surface area contributed by atoms with Gasteiger partial charge in [-0.3, -0.25) is 9.59 Å².